The Balaban J connectivity index is 1.38. The van der Waals surface area contributed by atoms with Gasteiger partial charge in [0.05, 0.1) is 45.1 Å². The lowest BCUT2D eigenvalue weighted by Crippen LogP contribution is -2.49. The molecule has 4 amide bonds. The number of sulfonamides is 1. The monoisotopic (exact) mass is 1460 g/mol. The molecule has 3 atom stereocenters. The maximum Gasteiger partial charge on any atom is 0.478 e. The largest absolute Gasteiger partial charge is 0.478 e. The molecule has 23 nitrogen and oxygen atoms in total. The van der Waals surface area contributed by atoms with Gasteiger partial charge >= 0.3 is 38.3 Å². The number of pyridine rings is 1. The molecule has 5 aromatic rings. The molecule has 1 saturated carbocycles. The molecule has 3 heterocycles. The molecule has 534 valence electrons. The van der Waals surface area contributed by atoms with E-state index >= 15 is 35.5 Å². The molecule has 7 rings (SSSR count). The van der Waals surface area contributed by atoms with Crippen LogP contribution in [-0.2, 0) is 88.7 Å². The maximum atomic E-state index is 15.8. The van der Waals surface area contributed by atoms with E-state index in [1.54, 1.807) is 62.3 Å². The number of alkyl halides is 8. The number of anilines is 1. The third-order valence-electron chi connectivity index (χ3n) is 14.3. The van der Waals surface area contributed by atoms with Crippen molar-refractivity contribution in [3.63, 3.8) is 0 Å². The lowest BCUT2D eigenvalue weighted by Gasteiger charge is -2.30. The maximum absolute atomic E-state index is 15.8. The number of ether oxygens (including phenoxy) is 2. The number of urea groups is 1. The standard InChI is InChI=1S/C60H71ClF10N9O14PS2/c1-54(2,3)92-44(82)15-14-23-77(24-22-72-52(83)90-32-91-95(85,93-55(4,5)6)94-56(7,8)9)53(84)80(97(13,88)89)51-46-41(61)19-18-38(48(46)79(76-51)31-58(64,65)66)37-17-16-36(20-21-57(10,11)96(12,86)87)73-47(37)42(27-33-25-34(62)28-35(63)26-33)74-43(81)30-78-50-45(49(75-78)60(69,70)71)39-29-40(39)59(50,67)68/h16-19,25-26,28,39-40,42H,14-15,22-24,27,29-32H2,1-13H3,(H,72,83)(H,74,81)/t39-,40+,42-/m0/s1. The minimum absolute atomic E-state index is 0.0222. The average Bonchev–Trinajstić information content (AvgIpc) is 1.52. The molecule has 0 bridgehead atoms. The van der Waals surface area contributed by atoms with Crippen LogP contribution in [0.2, 0.25) is 5.02 Å². The number of fused-ring (bicyclic) bond motifs is 4. The van der Waals surface area contributed by atoms with Crippen molar-refractivity contribution >= 4 is 80.0 Å². The number of hydrogen-bond acceptors (Lipinski definition) is 17. The number of alkyl carbamates (subject to hydrolysis) is 1. The summed E-state index contributed by atoms with van der Waals surface area (Å²) in [6.45, 7) is 10.1. The molecule has 2 aliphatic carbocycles. The summed E-state index contributed by atoms with van der Waals surface area (Å²) >= 11 is 6.86. The third-order valence-corrected chi connectivity index (χ3v) is 19.6. The smallest absolute Gasteiger partial charge is 0.460 e. The highest BCUT2D eigenvalue weighted by Crippen LogP contribution is 2.68. The normalized spacial score (nSPS) is 16.2. The van der Waals surface area contributed by atoms with E-state index in [-0.39, 0.29) is 37.8 Å². The topological polar surface area (TPSA) is 279 Å². The highest BCUT2D eigenvalue weighted by molar-refractivity contribution is 7.93. The first kappa shape index (κ1) is 77.3. The van der Waals surface area contributed by atoms with Crippen molar-refractivity contribution in [3.8, 4) is 23.0 Å². The van der Waals surface area contributed by atoms with Gasteiger partial charge in [0.2, 0.25) is 22.7 Å². The number of halogens is 11. The highest BCUT2D eigenvalue weighted by atomic mass is 35.5. The van der Waals surface area contributed by atoms with Crippen molar-refractivity contribution in [1.82, 2.24) is 40.1 Å². The molecule has 2 aromatic carbocycles. The lowest BCUT2D eigenvalue weighted by atomic mass is 9.93. The Kier molecular flexibility index (Phi) is 22.2. The van der Waals surface area contributed by atoms with Crippen LogP contribution >= 0.6 is 19.4 Å². The van der Waals surface area contributed by atoms with Gasteiger partial charge in [-0.1, -0.05) is 23.6 Å². The van der Waals surface area contributed by atoms with Crippen molar-refractivity contribution in [2.75, 3.05) is 43.2 Å². The summed E-state index contributed by atoms with van der Waals surface area (Å²) in [5.74, 6) is -7.25. The molecule has 1 fully saturated rings. The number of rotatable bonds is 23. The van der Waals surface area contributed by atoms with Crippen LogP contribution in [-0.4, -0.2) is 137 Å². The molecule has 37 heteroatoms. The van der Waals surface area contributed by atoms with Gasteiger partial charge < -0.3 is 25.0 Å². The Hall–Kier alpha value is -7.09. The van der Waals surface area contributed by atoms with Crippen molar-refractivity contribution < 1.29 is 108 Å². The number of benzene rings is 2. The number of nitrogens with one attached hydrogen (secondary N) is 2. The van der Waals surface area contributed by atoms with Crippen molar-refractivity contribution in [1.29, 1.82) is 0 Å². The molecular weight excluding hydrogens is 1390 g/mol. The molecule has 0 saturated heterocycles. The summed E-state index contributed by atoms with van der Waals surface area (Å²) in [5, 5.41) is 10.9. The molecule has 0 aliphatic heterocycles. The molecule has 0 spiro atoms. The first-order valence-electron chi connectivity index (χ1n) is 29.6. The first-order chi connectivity index (χ1) is 44.2. The molecule has 3 aromatic heterocycles. The van der Waals surface area contributed by atoms with Crippen LogP contribution in [0.5, 0.6) is 0 Å². The molecular formula is C60H71ClF10N9O14PS2. The SMILES string of the molecule is CC(C)(C)OC(=O)CCCN(CCNC(=O)OCOP(=O)(OC(C)(C)C)OC(C)(C)C)C(=O)N(c1nn(CC(F)(F)F)c2c(-c3ccc(C#CC(C)(C)S(C)(=O)=O)nc3[C@H](Cc3cc(F)cc(F)c3)NC(=O)Cn3nc(C(F)(F)F)c4c3C(F)(F)[C@@H]3C[C@H]43)ccc(Cl)c12)S(C)(=O)=O. The summed E-state index contributed by atoms with van der Waals surface area (Å²) in [4.78, 5) is 60.9. The quantitative estimate of drug-likeness (QED) is 0.0202. The van der Waals surface area contributed by atoms with Crippen molar-refractivity contribution in [2.45, 2.75) is 167 Å². The Morgan fingerprint density at radius 1 is 0.835 bits per heavy atom. The van der Waals surface area contributed by atoms with E-state index in [1.165, 1.54) is 13.8 Å². The summed E-state index contributed by atoms with van der Waals surface area (Å²) in [7, 11) is -13.6. The fourth-order valence-corrected chi connectivity index (χ4v) is 13.2. The molecule has 2 aliphatic rings. The van der Waals surface area contributed by atoms with Crippen LogP contribution < -0.4 is 14.9 Å². The van der Waals surface area contributed by atoms with Gasteiger partial charge in [0, 0.05) is 61.0 Å². The average molecular weight is 1460 g/mol. The lowest BCUT2D eigenvalue weighted by molar-refractivity contribution is -0.155. The second-order valence-electron chi connectivity index (χ2n) is 26.5. The molecule has 0 radical (unpaired) electrons. The fourth-order valence-electron chi connectivity index (χ4n) is 10.3. The number of phosphoric ester groups is 1. The number of amides is 4. The molecule has 2 N–H and O–H groups in total. The van der Waals surface area contributed by atoms with Crippen LogP contribution in [0, 0.1) is 29.4 Å². The van der Waals surface area contributed by atoms with E-state index in [2.05, 4.69) is 37.7 Å². The van der Waals surface area contributed by atoms with Crippen LogP contribution in [0.3, 0.4) is 0 Å². The number of carbonyl (C=O) groups excluding carboxylic acids is 4. The number of sulfone groups is 1. The van der Waals surface area contributed by atoms with E-state index in [9.17, 15) is 49.0 Å². The minimum atomic E-state index is -5.28. The Morgan fingerprint density at radius 2 is 1.44 bits per heavy atom. The second-order valence-corrected chi connectivity index (χ2v) is 32.8. The Morgan fingerprint density at radius 3 is 2.00 bits per heavy atom. The van der Waals surface area contributed by atoms with Gasteiger partial charge in [-0.2, -0.15) is 49.6 Å². The summed E-state index contributed by atoms with van der Waals surface area (Å²) in [6.07, 6.45) is -12.3. The number of carbonyl (C=O) groups is 4. The number of hydrogen-bond donors (Lipinski definition) is 2. The van der Waals surface area contributed by atoms with Gasteiger partial charge in [0.25, 0.3) is 5.92 Å². The minimum Gasteiger partial charge on any atom is -0.460 e. The van der Waals surface area contributed by atoms with Crippen LogP contribution in [0.15, 0.2) is 42.5 Å². The van der Waals surface area contributed by atoms with Gasteiger partial charge in [-0.15, -0.1) is 0 Å². The van der Waals surface area contributed by atoms with E-state index in [4.69, 9.17) is 34.6 Å². The second kappa shape index (κ2) is 27.9. The Bertz CT molecular complexity index is 4190. The number of esters is 1. The van der Waals surface area contributed by atoms with E-state index in [1.807, 2.05) is 0 Å². The zero-order chi connectivity index (χ0) is 72.9. The molecule has 0 unspecified atom stereocenters. The Labute approximate surface area is 557 Å². The van der Waals surface area contributed by atoms with Crippen LogP contribution in [0.25, 0.3) is 22.0 Å². The molecule has 97 heavy (non-hydrogen) atoms. The number of aromatic nitrogens is 5. The van der Waals surface area contributed by atoms with Crippen molar-refractivity contribution in [3.05, 3.63) is 93.0 Å². The van der Waals surface area contributed by atoms with Gasteiger partial charge in [-0.3, -0.25) is 28.0 Å². The first-order valence-corrected chi connectivity index (χ1v) is 35.1. The van der Waals surface area contributed by atoms with Gasteiger partial charge in [0.1, 0.15) is 46.5 Å². The zero-order valence-electron chi connectivity index (χ0n) is 54.6. The zero-order valence-corrected chi connectivity index (χ0v) is 57.9. The highest BCUT2D eigenvalue weighted by Gasteiger charge is 2.68. The van der Waals surface area contributed by atoms with Crippen LogP contribution in [0.4, 0.5) is 59.3 Å². The predicted molar refractivity (Wildman–Crippen MR) is 332 cm³/mol. The van der Waals surface area contributed by atoms with Crippen LogP contribution in [0.1, 0.15) is 141 Å². The van der Waals surface area contributed by atoms with E-state index < -0.39 is 229 Å². The van der Waals surface area contributed by atoms with Gasteiger partial charge in [-0.25, -0.2) is 49.3 Å². The predicted octanol–water partition coefficient (Wildman–Crippen LogP) is 12.0. The van der Waals surface area contributed by atoms with Gasteiger partial charge in [0.15, 0.2) is 21.3 Å². The van der Waals surface area contributed by atoms with Crippen molar-refractivity contribution in [2.24, 2.45) is 5.92 Å². The summed E-state index contributed by atoms with van der Waals surface area (Å²) in [6, 6.07) is 2.82. The van der Waals surface area contributed by atoms with E-state index in [0.717, 1.165) is 47.6 Å². The number of nitrogens with zero attached hydrogens (tertiary/aromatic N) is 7. The van der Waals surface area contributed by atoms with Gasteiger partial charge in [-0.05, 0) is 143 Å². The summed E-state index contributed by atoms with van der Waals surface area (Å²) in [5.41, 5.74) is -9.69. The number of phosphoric acid groups is 1. The summed E-state index contributed by atoms with van der Waals surface area (Å²) < 4.78 is 243. The van der Waals surface area contributed by atoms with E-state index in [0.29, 0.717) is 12.3 Å². The third kappa shape index (κ3) is 19.6. The fraction of sp³-hybridized carbons (Fsp3) is 0.550.